The van der Waals surface area contributed by atoms with Crippen LogP contribution in [0.5, 0.6) is 0 Å². The van der Waals surface area contributed by atoms with E-state index >= 15 is 0 Å². The zero-order valence-electron chi connectivity index (χ0n) is 9.37. The highest BCUT2D eigenvalue weighted by Crippen LogP contribution is 2.28. The van der Waals surface area contributed by atoms with E-state index < -0.39 is 0 Å². The third kappa shape index (κ3) is 2.21. The molecule has 15 heavy (non-hydrogen) atoms. The van der Waals surface area contributed by atoms with Crippen LogP contribution in [-0.2, 0) is 9.59 Å². The summed E-state index contributed by atoms with van der Waals surface area (Å²) in [6, 6.07) is 0. The lowest BCUT2D eigenvalue weighted by molar-refractivity contribution is -0.134. The van der Waals surface area contributed by atoms with Crippen molar-refractivity contribution in [1.82, 2.24) is 4.90 Å². The fraction of sp³-hybridized carbons (Fsp3) is 0.833. The molecule has 0 N–H and O–H groups in total. The van der Waals surface area contributed by atoms with Crippen LogP contribution < -0.4 is 0 Å². The fourth-order valence-electron chi connectivity index (χ4n) is 2.72. The first-order chi connectivity index (χ1) is 7.18. The Morgan fingerprint density at radius 3 is 2.27 bits per heavy atom. The van der Waals surface area contributed by atoms with E-state index in [0.717, 1.165) is 25.8 Å². The Morgan fingerprint density at radius 1 is 1.07 bits per heavy atom. The van der Waals surface area contributed by atoms with E-state index in [4.69, 9.17) is 0 Å². The second-order valence-corrected chi connectivity index (χ2v) is 4.86. The summed E-state index contributed by atoms with van der Waals surface area (Å²) in [6.45, 7) is 3.10. The summed E-state index contributed by atoms with van der Waals surface area (Å²) in [5.74, 6) is 0.902. The Hall–Kier alpha value is -0.860. The van der Waals surface area contributed by atoms with Crippen LogP contribution in [0, 0.1) is 11.8 Å². The van der Waals surface area contributed by atoms with Crippen LogP contribution in [0.4, 0.5) is 0 Å². The van der Waals surface area contributed by atoms with Crippen molar-refractivity contribution in [3.8, 4) is 0 Å². The predicted molar refractivity (Wildman–Crippen MR) is 57.3 cm³/mol. The molecule has 1 saturated carbocycles. The first kappa shape index (κ1) is 10.7. The highest BCUT2D eigenvalue weighted by Gasteiger charge is 2.33. The van der Waals surface area contributed by atoms with Crippen molar-refractivity contribution in [2.75, 3.05) is 13.1 Å². The monoisotopic (exact) mass is 209 g/mol. The van der Waals surface area contributed by atoms with Crippen molar-refractivity contribution in [1.29, 1.82) is 0 Å². The number of rotatable bonds is 2. The molecule has 2 rings (SSSR count). The maximum Gasteiger partial charge on any atom is 0.225 e. The average molecular weight is 209 g/mol. The van der Waals surface area contributed by atoms with Gasteiger partial charge in [0.1, 0.15) is 5.78 Å². The number of likely N-dealkylation sites (tertiary alicyclic amines) is 1. The molecular formula is C12H19NO2. The molecule has 1 amide bonds. The smallest absolute Gasteiger partial charge is 0.225 e. The predicted octanol–water partition coefficient (Wildman–Crippen LogP) is 1.61. The van der Waals surface area contributed by atoms with Crippen LogP contribution in [0.3, 0.4) is 0 Å². The normalized spacial score (nSPS) is 27.3. The lowest BCUT2D eigenvalue weighted by atomic mass is 10.1. The molecule has 1 saturated heterocycles. The molecule has 2 aliphatic rings. The van der Waals surface area contributed by atoms with Crippen LogP contribution in [0.1, 0.15) is 39.0 Å². The molecule has 3 heteroatoms. The van der Waals surface area contributed by atoms with E-state index in [1.54, 1.807) is 6.92 Å². The molecule has 0 bridgehead atoms. The first-order valence-corrected chi connectivity index (χ1v) is 5.97. The molecule has 0 spiro atoms. The molecule has 0 aromatic rings. The molecule has 2 fully saturated rings. The molecule has 0 unspecified atom stereocenters. The summed E-state index contributed by atoms with van der Waals surface area (Å²) in [4.78, 5) is 25.1. The van der Waals surface area contributed by atoms with Gasteiger partial charge in [0.15, 0.2) is 0 Å². The van der Waals surface area contributed by atoms with Crippen LogP contribution in [0.25, 0.3) is 0 Å². The molecule has 1 aliphatic carbocycles. The summed E-state index contributed by atoms with van der Waals surface area (Å²) < 4.78 is 0. The highest BCUT2D eigenvalue weighted by molar-refractivity contribution is 5.83. The van der Waals surface area contributed by atoms with Crippen molar-refractivity contribution in [3.05, 3.63) is 0 Å². The minimum atomic E-state index is 0.107. The summed E-state index contributed by atoms with van der Waals surface area (Å²) >= 11 is 0. The van der Waals surface area contributed by atoms with Gasteiger partial charge in [-0.1, -0.05) is 12.8 Å². The highest BCUT2D eigenvalue weighted by atomic mass is 16.2. The number of carbonyl (C=O) groups excluding carboxylic acids is 2. The number of carbonyl (C=O) groups is 2. The zero-order valence-corrected chi connectivity index (χ0v) is 9.37. The van der Waals surface area contributed by atoms with E-state index in [1.807, 2.05) is 4.90 Å². The number of ketones is 1. The summed E-state index contributed by atoms with van der Waals surface area (Å²) in [6.07, 6.45) is 5.37. The third-order valence-corrected chi connectivity index (χ3v) is 3.78. The van der Waals surface area contributed by atoms with Gasteiger partial charge >= 0.3 is 0 Å². The Morgan fingerprint density at radius 2 is 1.73 bits per heavy atom. The molecule has 1 atom stereocenters. The van der Waals surface area contributed by atoms with E-state index in [-0.39, 0.29) is 17.6 Å². The number of Topliss-reactive ketones (excluding diaryl/α,β-unsaturated/α-hetero) is 1. The maximum atomic E-state index is 12.0. The van der Waals surface area contributed by atoms with E-state index in [1.165, 1.54) is 12.8 Å². The van der Waals surface area contributed by atoms with Gasteiger partial charge in [-0.25, -0.2) is 0 Å². The SMILES string of the molecule is CC(=O)[C@H]1CCN(C(=O)C2CCCC2)C1. The Kier molecular flexibility index (Phi) is 3.08. The van der Waals surface area contributed by atoms with Gasteiger partial charge in [0.25, 0.3) is 0 Å². The van der Waals surface area contributed by atoms with Gasteiger partial charge in [-0.15, -0.1) is 0 Å². The molecule has 0 aromatic heterocycles. The van der Waals surface area contributed by atoms with Gasteiger partial charge < -0.3 is 4.90 Å². The van der Waals surface area contributed by atoms with Gasteiger partial charge in [-0.2, -0.15) is 0 Å². The van der Waals surface area contributed by atoms with Crippen LogP contribution in [0.15, 0.2) is 0 Å². The van der Waals surface area contributed by atoms with E-state index in [0.29, 0.717) is 12.5 Å². The molecule has 0 aromatic carbocycles. The maximum absolute atomic E-state index is 12.0. The molecule has 0 radical (unpaired) electrons. The standard InChI is InChI=1S/C12H19NO2/c1-9(14)11-6-7-13(8-11)12(15)10-4-2-3-5-10/h10-11H,2-8H2,1H3/t11-/m0/s1. The molecule has 1 aliphatic heterocycles. The van der Waals surface area contributed by atoms with Crippen molar-refractivity contribution >= 4 is 11.7 Å². The summed E-state index contributed by atoms with van der Waals surface area (Å²) in [5, 5.41) is 0. The number of hydrogen-bond donors (Lipinski definition) is 0. The number of nitrogens with zero attached hydrogens (tertiary/aromatic N) is 1. The minimum absolute atomic E-state index is 0.107. The van der Waals surface area contributed by atoms with E-state index in [9.17, 15) is 9.59 Å². The van der Waals surface area contributed by atoms with Crippen molar-refractivity contribution < 1.29 is 9.59 Å². The zero-order chi connectivity index (χ0) is 10.8. The second kappa shape index (κ2) is 4.33. The Balaban J connectivity index is 1.89. The van der Waals surface area contributed by atoms with Gasteiger partial charge in [0.05, 0.1) is 0 Å². The number of amides is 1. The minimum Gasteiger partial charge on any atom is -0.342 e. The summed E-state index contributed by atoms with van der Waals surface area (Å²) in [5.41, 5.74) is 0. The number of hydrogen-bond acceptors (Lipinski definition) is 2. The largest absolute Gasteiger partial charge is 0.342 e. The third-order valence-electron chi connectivity index (χ3n) is 3.78. The van der Waals surface area contributed by atoms with Gasteiger partial charge in [0.2, 0.25) is 5.91 Å². The molecule has 3 nitrogen and oxygen atoms in total. The van der Waals surface area contributed by atoms with Crippen molar-refractivity contribution in [2.45, 2.75) is 39.0 Å². The van der Waals surface area contributed by atoms with E-state index in [2.05, 4.69) is 0 Å². The van der Waals surface area contributed by atoms with Crippen LogP contribution >= 0.6 is 0 Å². The van der Waals surface area contributed by atoms with Gasteiger partial charge in [0, 0.05) is 24.9 Å². The lowest BCUT2D eigenvalue weighted by Gasteiger charge is -2.20. The first-order valence-electron chi connectivity index (χ1n) is 5.97. The van der Waals surface area contributed by atoms with Crippen molar-refractivity contribution in [2.24, 2.45) is 11.8 Å². The quantitative estimate of drug-likeness (QED) is 0.693. The van der Waals surface area contributed by atoms with Gasteiger partial charge in [-0.3, -0.25) is 9.59 Å². The second-order valence-electron chi connectivity index (χ2n) is 4.86. The van der Waals surface area contributed by atoms with Crippen molar-refractivity contribution in [3.63, 3.8) is 0 Å². The fourth-order valence-corrected chi connectivity index (χ4v) is 2.72. The Labute approximate surface area is 90.8 Å². The van der Waals surface area contributed by atoms with Crippen LogP contribution in [0.2, 0.25) is 0 Å². The topological polar surface area (TPSA) is 37.4 Å². The Bertz CT molecular complexity index is 269. The molecule has 84 valence electrons. The average Bonchev–Trinajstić information content (AvgIpc) is 2.88. The van der Waals surface area contributed by atoms with Crippen LogP contribution in [-0.4, -0.2) is 29.7 Å². The van der Waals surface area contributed by atoms with Gasteiger partial charge in [-0.05, 0) is 26.2 Å². The summed E-state index contributed by atoms with van der Waals surface area (Å²) in [7, 11) is 0. The molecule has 1 heterocycles. The lowest BCUT2D eigenvalue weighted by Crippen LogP contribution is -2.34. The molecular weight excluding hydrogens is 190 g/mol.